The molecule has 0 aromatic rings. The van der Waals surface area contributed by atoms with Gasteiger partial charge in [0.15, 0.2) is 6.10 Å². The van der Waals surface area contributed by atoms with Gasteiger partial charge in [0.25, 0.3) is 0 Å². The van der Waals surface area contributed by atoms with Gasteiger partial charge in [-0.05, 0) is 122 Å². The number of carbonyl (C=O) groups excluding carboxylic acids is 3. The number of carbonyl (C=O) groups is 3. The van der Waals surface area contributed by atoms with E-state index >= 15 is 0 Å². The molecule has 0 aliphatic heterocycles. The van der Waals surface area contributed by atoms with E-state index in [1.54, 1.807) is 0 Å². The van der Waals surface area contributed by atoms with Crippen LogP contribution in [0.2, 0.25) is 0 Å². The molecule has 0 aromatic heterocycles. The van der Waals surface area contributed by atoms with Crippen molar-refractivity contribution >= 4 is 17.9 Å². The Hall–Kier alpha value is -3.67. The number of unbranched alkanes of at least 4 members (excludes halogenated alkanes) is 28. The fraction of sp³-hybridized carbons (Fsp3) is 0.716. The minimum Gasteiger partial charge on any atom is -0.462 e. The predicted molar refractivity (Wildman–Crippen MR) is 316 cm³/mol. The van der Waals surface area contributed by atoms with Gasteiger partial charge < -0.3 is 14.2 Å². The highest BCUT2D eigenvalue weighted by molar-refractivity contribution is 5.71. The summed E-state index contributed by atoms with van der Waals surface area (Å²) in [5, 5.41) is 0. The lowest BCUT2D eigenvalue weighted by molar-refractivity contribution is -0.167. The van der Waals surface area contributed by atoms with Crippen LogP contribution in [0.1, 0.15) is 290 Å². The van der Waals surface area contributed by atoms with E-state index < -0.39 is 6.10 Å². The van der Waals surface area contributed by atoms with Crippen LogP contribution in [0.5, 0.6) is 0 Å². The molecule has 0 aromatic carbocycles. The van der Waals surface area contributed by atoms with Crippen LogP contribution in [-0.2, 0) is 28.6 Å². The molecule has 0 saturated carbocycles. The summed E-state index contributed by atoms with van der Waals surface area (Å²) in [6, 6.07) is 0. The first-order chi connectivity index (χ1) is 36.0. The molecule has 6 nitrogen and oxygen atoms in total. The first-order valence-electron chi connectivity index (χ1n) is 30.7. The quantitative estimate of drug-likeness (QED) is 0.0261. The molecule has 0 amide bonds. The average molecular weight is 1020 g/mol. The summed E-state index contributed by atoms with van der Waals surface area (Å²) in [6.45, 7) is 6.48. The van der Waals surface area contributed by atoms with E-state index in [4.69, 9.17) is 14.2 Å². The van der Waals surface area contributed by atoms with Crippen molar-refractivity contribution in [2.75, 3.05) is 13.2 Å². The highest BCUT2D eigenvalue weighted by Gasteiger charge is 2.19. The van der Waals surface area contributed by atoms with E-state index in [0.717, 1.165) is 109 Å². The number of ether oxygens (including phenoxy) is 3. The van der Waals surface area contributed by atoms with Crippen molar-refractivity contribution in [1.29, 1.82) is 0 Å². The molecule has 0 spiro atoms. The third-order valence-electron chi connectivity index (χ3n) is 13.0. The molecule has 1 unspecified atom stereocenters. The molecule has 0 saturated heterocycles. The van der Waals surface area contributed by atoms with Gasteiger partial charge in [-0.2, -0.15) is 0 Å². The van der Waals surface area contributed by atoms with E-state index in [-0.39, 0.29) is 31.1 Å². The van der Waals surface area contributed by atoms with Crippen LogP contribution in [0.4, 0.5) is 0 Å². The highest BCUT2D eigenvalue weighted by atomic mass is 16.6. The molecule has 0 N–H and O–H groups in total. The third-order valence-corrected chi connectivity index (χ3v) is 13.0. The molecule has 0 bridgehead atoms. The number of allylic oxidation sites excluding steroid dienone is 16. The van der Waals surface area contributed by atoms with Gasteiger partial charge in [0.1, 0.15) is 13.2 Å². The maximum atomic E-state index is 12.9. The monoisotopic (exact) mass is 1010 g/mol. The second-order valence-electron chi connectivity index (χ2n) is 20.2. The van der Waals surface area contributed by atoms with Crippen LogP contribution >= 0.6 is 0 Å². The van der Waals surface area contributed by atoms with Crippen molar-refractivity contribution in [3.05, 3.63) is 97.2 Å². The van der Waals surface area contributed by atoms with Crippen LogP contribution in [0, 0.1) is 0 Å². The lowest BCUT2D eigenvalue weighted by Gasteiger charge is -2.18. The number of rotatable bonds is 55. The molecular weight excluding hydrogens is 901 g/mol. The summed E-state index contributed by atoms with van der Waals surface area (Å²) in [4.78, 5) is 38.3. The summed E-state index contributed by atoms with van der Waals surface area (Å²) in [5.41, 5.74) is 0. The highest BCUT2D eigenvalue weighted by Crippen LogP contribution is 2.15. The summed E-state index contributed by atoms with van der Waals surface area (Å²) in [5.74, 6) is -0.903. The third kappa shape index (κ3) is 59.1. The SMILES string of the molecule is CC/C=C\C/C=C\C/C=C\C/C=C\C/C=C\CCCCCCCCCC(=O)OCC(COC(=O)CCCCCCC/C=C\CCCCCC)OC(=O)CCCCCCCCCCC/C=C\C/C=C\CCCCC. The molecule has 0 radical (unpaired) electrons. The van der Waals surface area contributed by atoms with Crippen LogP contribution in [-0.4, -0.2) is 37.2 Å². The van der Waals surface area contributed by atoms with Crippen LogP contribution in [0.3, 0.4) is 0 Å². The van der Waals surface area contributed by atoms with Gasteiger partial charge in [-0.1, -0.05) is 246 Å². The topological polar surface area (TPSA) is 78.9 Å². The Morgan fingerprint density at radius 3 is 0.877 bits per heavy atom. The fourth-order valence-corrected chi connectivity index (χ4v) is 8.44. The zero-order chi connectivity index (χ0) is 52.9. The molecule has 0 aliphatic rings. The van der Waals surface area contributed by atoms with E-state index in [9.17, 15) is 14.4 Å². The van der Waals surface area contributed by atoms with Gasteiger partial charge in [-0.3, -0.25) is 14.4 Å². The van der Waals surface area contributed by atoms with Crippen molar-refractivity contribution in [3.63, 3.8) is 0 Å². The lowest BCUT2D eigenvalue weighted by Crippen LogP contribution is -2.30. The Kier molecular flexibility index (Phi) is 57.8. The van der Waals surface area contributed by atoms with Crippen molar-refractivity contribution in [3.8, 4) is 0 Å². The Labute approximate surface area is 451 Å². The van der Waals surface area contributed by atoms with Gasteiger partial charge in [0.2, 0.25) is 0 Å². The fourth-order valence-electron chi connectivity index (χ4n) is 8.44. The molecule has 73 heavy (non-hydrogen) atoms. The molecule has 1 atom stereocenters. The molecule has 0 aliphatic carbocycles. The first-order valence-corrected chi connectivity index (χ1v) is 30.7. The smallest absolute Gasteiger partial charge is 0.306 e. The maximum absolute atomic E-state index is 12.9. The van der Waals surface area contributed by atoms with Gasteiger partial charge >= 0.3 is 17.9 Å². The van der Waals surface area contributed by atoms with Gasteiger partial charge in [-0.25, -0.2) is 0 Å². The molecule has 0 heterocycles. The summed E-state index contributed by atoms with van der Waals surface area (Å²) in [7, 11) is 0. The zero-order valence-electron chi connectivity index (χ0n) is 47.9. The van der Waals surface area contributed by atoms with Crippen molar-refractivity contribution in [1.82, 2.24) is 0 Å². The van der Waals surface area contributed by atoms with Gasteiger partial charge in [0, 0.05) is 19.3 Å². The Bertz CT molecular complexity index is 1440. The van der Waals surface area contributed by atoms with Crippen molar-refractivity contribution in [2.45, 2.75) is 297 Å². The van der Waals surface area contributed by atoms with E-state index in [2.05, 4.69) is 118 Å². The number of hydrogen-bond donors (Lipinski definition) is 0. The van der Waals surface area contributed by atoms with Crippen LogP contribution < -0.4 is 0 Å². The second-order valence-corrected chi connectivity index (χ2v) is 20.2. The average Bonchev–Trinajstić information content (AvgIpc) is 3.39. The summed E-state index contributed by atoms with van der Waals surface area (Å²) < 4.78 is 16.9. The molecule has 6 heteroatoms. The summed E-state index contributed by atoms with van der Waals surface area (Å²) >= 11 is 0. The standard InChI is InChI=1S/C67H114O6/c1-4-7-10-13-16-19-22-25-27-29-31-32-33-34-36-37-39-42-45-48-51-54-57-60-66(69)72-63-64(62-71-65(68)59-56-53-50-47-44-41-24-21-18-15-12-9-6-3)73-67(70)61-58-55-52-49-46-43-40-38-35-30-28-26-23-20-17-14-11-8-5-2/h7,10,16-17,19-21,24-28,31-32,34,36,64H,4-6,8-9,11-15,18,22-23,29-30,33,35,37-63H2,1-3H3/b10-7-,19-16-,20-17-,24-21-,27-25-,28-26-,32-31-,36-34-. The Morgan fingerprint density at radius 2 is 0.534 bits per heavy atom. The van der Waals surface area contributed by atoms with E-state index in [0.29, 0.717) is 19.3 Å². The van der Waals surface area contributed by atoms with Crippen molar-refractivity contribution in [2.24, 2.45) is 0 Å². The number of esters is 3. The second kappa shape index (κ2) is 60.9. The molecule has 418 valence electrons. The predicted octanol–water partition coefficient (Wildman–Crippen LogP) is 20.9. The summed E-state index contributed by atoms with van der Waals surface area (Å²) in [6.07, 6.45) is 81.1. The lowest BCUT2D eigenvalue weighted by atomic mass is 10.1. The minimum absolute atomic E-state index is 0.0868. The Morgan fingerprint density at radius 1 is 0.288 bits per heavy atom. The Balaban J connectivity index is 4.38. The minimum atomic E-state index is -0.789. The molecule has 0 rings (SSSR count). The van der Waals surface area contributed by atoms with Crippen molar-refractivity contribution < 1.29 is 28.6 Å². The van der Waals surface area contributed by atoms with E-state index in [1.807, 2.05) is 0 Å². The van der Waals surface area contributed by atoms with E-state index in [1.165, 1.54) is 141 Å². The maximum Gasteiger partial charge on any atom is 0.306 e. The largest absolute Gasteiger partial charge is 0.462 e. The van der Waals surface area contributed by atoms with Crippen LogP contribution in [0.25, 0.3) is 0 Å². The molecule has 0 fully saturated rings. The first kappa shape index (κ1) is 69.3. The van der Waals surface area contributed by atoms with Gasteiger partial charge in [-0.15, -0.1) is 0 Å². The molecular formula is C67H114O6. The normalized spacial score (nSPS) is 12.8. The van der Waals surface area contributed by atoms with Crippen LogP contribution in [0.15, 0.2) is 97.2 Å². The zero-order valence-corrected chi connectivity index (χ0v) is 47.9. The number of hydrogen-bond acceptors (Lipinski definition) is 6. The van der Waals surface area contributed by atoms with Gasteiger partial charge in [0.05, 0.1) is 0 Å².